The highest BCUT2D eigenvalue weighted by Gasteiger charge is 2.38. The second kappa shape index (κ2) is 3.14. The van der Waals surface area contributed by atoms with Gasteiger partial charge >= 0.3 is 0 Å². The van der Waals surface area contributed by atoms with E-state index in [1.54, 1.807) is 25.7 Å². The van der Waals surface area contributed by atoms with E-state index in [1.165, 1.54) is 13.0 Å². The molecule has 0 spiro atoms. The highest BCUT2D eigenvalue weighted by Crippen LogP contribution is 2.49. The maximum Gasteiger partial charge on any atom is -0.00492 e. The Morgan fingerprint density at radius 1 is 1.27 bits per heavy atom. The normalized spacial score (nSPS) is 41.7. The summed E-state index contributed by atoms with van der Waals surface area (Å²) in [6, 6.07) is 0. The van der Waals surface area contributed by atoms with Gasteiger partial charge in [0.25, 0.3) is 0 Å². The summed E-state index contributed by atoms with van der Waals surface area (Å²) in [7, 11) is 2.06. The van der Waals surface area contributed by atoms with Crippen LogP contribution < -0.4 is 5.32 Å². The fraction of sp³-hybridized carbons (Fsp3) is 1.00. The van der Waals surface area contributed by atoms with Crippen LogP contribution in [0.4, 0.5) is 0 Å². The van der Waals surface area contributed by atoms with Crippen molar-refractivity contribution < 1.29 is 0 Å². The first-order valence-corrected chi connectivity index (χ1v) is 5.04. The highest BCUT2D eigenvalue weighted by molar-refractivity contribution is 4.89. The molecule has 2 saturated carbocycles. The number of rotatable bonds is 3. The van der Waals surface area contributed by atoms with Gasteiger partial charge in [-0.1, -0.05) is 6.42 Å². The van der Waals surface area contributed by atoms with Gasteiger partial charge in [-0.2, -0.15) is 0 Å². The number of nitrogens with one attached hydrogen (secondary N) is 1. The minimum absolute atomic E-state index is 1.08. The Morgan fingerprint density at radius 3 is 2.73 bits per heavy atom. The van der Waals surface area contributed by atoms with Crippen molar-refractivity contribution in [2.45, 2.75) is 32.1 Å². The molecule has 2 fully saturated rings. The van der Waals surface area contributed by atoms with Crippen molar-refractivity contribution in [3.8, 4) is 0 Å². The van der Waals surface area contributed by atoms with E-state index in [9.17, 15) is 0 Å². The quantitative estimate of drug-likeness (QED) is 0.654. The van der Waals surface area contributed by atoms with E-state index in [-0.39, 0.29) is 0 Å². The molecule has 3 atom stereocenters. The molecule has 0 saturated heterocycles. The second-order valence-electron chi connectivity index (χ2n) is 4.33. The summed E-state index contributed by atoms with van der Waals surface area (Å²) >= 11 is 0. The predicted octanol–water partition coefficient (Wildman–Crippen LogP) is 2.03. The molecule has 2 rings (SSSR count). The lowest BCUT2D eigenvalue weighted by Crippen LogP contribution is -2.17. The Bertz CT molecular complexity index is 133. The first-order chi connectivity index (χ1) is 5.40. The average Bonchev–Trinajstić information content (AvgIpc) is 2.60. The first kappa shape index (κ1) is 7.60. The van der Waals surface area contributed by atoms with Gasteiger partial charge in [0.15, 0.2) is 0 Å². The molecule has 1 N–H and O–H groups in total. The monoisotopic (exact) mass is 153 g/mol. The second-order valence-corrected chi connectivity index (χ2v) is 4.33. The summed E-state index contributed by atoms with van der Waals surface area (Å²) in [4.78, 5) is 0. The smallest absolute Gasteiger partial charge is 0.00492 e. The summed E-state index contributed by atoms with van der Waals surface area (Å²) in [6.45, 7) is 1.23. The van der Waals surface area contributed by atoms with Gasteiger partial charge in [0.05, 0.1) is 0 Å². The van der Waals surface area contributed by atoms with Crippen molar-refractivity contribution in [1.82, 2.24) is 5.32 Å². The SMILES string of the molecule is CNCC[C@@H]1C[C@H]2CC[C@H]1C2. The van der Waals surface area contributed by atoms with Crippen molar-refractivity contribution >= 4 is 0 Å². The molecular weight excluding hydrogens is 134 g/mol. The molecule has 0 amide bonds. The molecule has 0 aromatic heterocycles. The summed E-state index contributed by atoms with van der Waals surface area (Å²) in [5, 5.41) is 3.25. The molecule has 11 heavy (non-hydrogen) atoms. The maximum atomic E-state index is 3.25. The third-order valence-corrected chi connectivity index (χ3v) is 3.65. The molecule has 2 aliphatic rings. The van der Waals surface area contributed by atoms with Crippen LogP contribution >= 0.6 is 0 Å². The Kier molecular flexibility index (Phi) is 2.17. The van der Waals surface area contributed by atoms with Gasteiger partial charge in [-0.25, -0.2) is 0 Å². The zero-order chi connectivity index (χ0) is 7.68. The van der Waals surface area contributed by atoms with E-state index in [1.807, 2.05) is 0 Å². The van der Waals surface area contributed by atoms with Crippen LogP contribution in [-0.2, 0) is 0 Å². The van der Waals surface area contributed by atoms with Crippen molar-refractivity contribution in [1.29, 1.82) is 0 Å². The van der Waals surface area contributed by atoms with Crippen molar-refractivity contribution in [2.75, 3.05) is 13.6 Å². The van der Waals surface area contributed by atoms with Crippen molar-refractivity contribution in [2.24, 2.45) is 17.8 Å². The third-order valence-electron chi connectivity index (χ3n) is 3.65. The Hall–Kier alpha value is -0.0400. The molecule has 0 aliphatic heterocycles. The van der Waals surface area contributed by atoms with Gasteiger partial charge in [0.1, 0.15) is 0 Å². The van der Waals surface area contributed by atoms with Gasteiger partial charge in [-0.15, -0.1) is 0 Å². The van der Waals surface area contributed by atoms with E-state index in [0.717, 1.165) is 17.8 Å². The van der Waals surface area contributed by atoms with Gasteiger partial charge in [-0.3, -0.25) is 0 Å². The van der Waals surface area contributed by atoms with Crippen LogP contribution in [0.5, 0.6) is 0 Å². The fourth-order valence-electron chi connectivity index (χ4n) is 3.06. The molecule has 0 aromatic rings. The highest BCUT2D eigenvalue weighted by atomic mass is 14.8. The Balaban J connectivity index is 1.78. The summed E-state index contributed by atoms with van der Waals surface area (Å²) < 4.78 is 0. The van der Waals surface area contributed by atoms with Gasteiger partial charge in [0, 0.05) is 0 Å². The lowest BCUT2D eigenvalue weighted by atomic mass is 9.86. The van der Waals surface area contributed by atoms with Crippen LogP contribution in [-0.4, -0.2) is 13.6 Å². The minimum Gasteiger partial charge on any atom is -0.320 e. The summed E-state index contributed by atoms with van der Waals surface area (Å²) in [5.74, 6) is 3.33. The van der Waals surface area contributed by atoms with Crippen LogP contribution in [0.15, 0.2) is 0 Å². The molecule has 0 radical (unpaired) electrons. The minimum atomic E-state index is 1.08. The summed E-state index contributed by atoms with van der Waals surface area (Å²) in [5.41, 5.74) is 0. The molecule has 2 aliphatic carbocycles. The Labute approximate surface area is 69.6 Å². The predicted molar refractivity (Wildman–Crippen MR) is 47.5 cm³/mol. The number of hydrogen-bond donors (Lipinski definition) is 1. The molecule has 64 valence electrons. The topological polar surface area (TPSA) is 12.0 Å². The molecule has 1 heteroatoms. The molecular formula is C10H19N. The fourth-order valence-corrected chi connectivity index (χ4v) is 3.06. The van der Waals surface area contributed by atoms with Crippen LogP contribution in [0.2, 0.25) is 0 Å². The average molecular weight is 153 g/mol. The molecule has 1 nitrogen and oxygen atoms in total. The largest absolute Gasteiger partial charge is 0.320 e. The van der Waals surface area contributed by atoms with Crippen LogP contribution in [0, 0.1) is 17.8 Å². The first-order valence-electron chi connectivity index (χ1n) is 5.04. The van der Waals surface area contributed by atoms with Gasteiger partial charge < -0.3 is 5.32 Å². The summed E-state index contributed by atoms with van der Waals surface area (Å²) in [6.07, 6.45) is 7.62. The maximum absolute atomic E-state index is 3.25. The zero-order valence-corrected chi connectivity index (χ0v) is 7.47. The zero-order valence-electron chi connectivity index (χ0n) is 7.47. The van der Waals surface area contributed by atoms with Gasteiger partial charge in [0.2, 0.25) is 0 Å². The third kappa shape index (κ3) is 1.44. The van der Waals surface area contributed by atoms with Crippen molar-refractivity contribution in [3.05, 3.63) is 0 Å². The number of hydrogen-bond acceptors (Lipinski definition) is 1. The molecule has 0 heterocycles. The van der Waals surface area contributed by atoms with Crippen molar-refractivity contribution in [3.63, 3.8) is 0 Å². The van der Waals surface area contributed by atoms with E-state index < -0.39 is 0 Å². The Morgan fingerprint density at radius 2 is 2.18 bits per heavy atom. The lowest BCUT2D eigenvalue weighted by Gasteiger charge is -2.20. The van der Waals surface area contributed by atoms with E-state index in [0.29, 0.717) is 0 Å². The van der Waals surface area contributed by atoms with E-state index >= 15 is 0 Å². The molecule has 0 unspecified atom stereocenters. The van der Waals surface area contributed by atoms with Crippen LogP contribution in [0.3, 0.4) is 0 Å². The van der Waals surface area contributed by atoms with E-state index in [4.69, 9.17) is 0 Å². The van der Waals surface area contributed by atoms with Gasteiger partial charge in [-0.05, 0) is 57.0 Å². The van der Waals surface area contributed by atoms with Crippen LogP contribution in [0.25, 0.3) is 0 Å². The molecule has 0 aromatic carbocycles. The van der Waals surface area contributed by atoms with E-state index in [2.05, 4.69) is 12.4 Å². The lowest BCUT2D eigenvalue weighted by molar-refractivity contribution is 0.313. The molecule has 2 bridgehead atoms. The van der Waals surface area contributed by atoms with Crippen LogP contribution in [0.1, 0.15) is 32.1 Å². The number of fused-ring (bicyclic) bond motifs is 2. The standard InChI is InChI=1S/C10H19N/c1-11-5-4-10-7-8-2-3-9(10)6-8/h8-11H,2-7H2,1H3/t8-,9-,10+/m0/s1.